The summed E-state index contributed by atoms with van der Waals surface area (Å²) in [5.41, 5.74) is 0. The van der Waals surface area contributed by atoms with Crippen LogP contribution in [0.3, 0.4) is 0 Å². The standard InChI is InChI=1S/C10H19NO2/c1-3-4-5-6-7-8-9-11-13-10(2)12/h9H,3-8H2,1-2H3. The Hall–Kier alpha value is -0.860. The van der Waals surface area contributed by atoms with Gasteiger partial charge in [-0.15, -0.1) is 0 Å². The summed E-state index contributed by atoms with van der Waals surface area (Å²) in [4.78, 5) is 14.7. The zero-order chi connectivity index (χ0) is 9.94. The van der Waals surface area contributed by atoms with Crippen LogP contribution in [0.4, 0.5) is 0 Å². The van der Waals surface area contributed by atoms with E-state index in [1.165, 1.54) is 32.6 Å². The number of oxime groups is 1. The fraction of sp³-hybridized carbons (Fsp3) is 0.800. The van der Waals surface area contributed by atoms with Crippen LogP contribution in [0.15, 0.2) is 5.16 Å². The van der Waals surface area contributed by atoms with E-state index in [0.717, 1.165) is 12.8 Å². The van der Waals surface area contributed by atoms with Crippen LogP contribution >= 0.6 is 0 Å². The molecule has 0 radical (unpaired) electrons. The van der Waals surface area contributed by atoms with Gasteiger partial charge in [0.1, 0.15) is 0 Å². The number of carbonyl (C=O) groups is 1. The van der Waals surface area contributed by atoms with Crippen molar-refractivity contribution in [1.82, 2.24) is 0 Å². The monoisotopic (exact) mass is 185 g/mol. The molecule has 0 amide bonds. The highest BCUT2D eigenvalue weighted by atomic mass is 16.7. The molecule has 0 saturated heterocycles. The normalized spacial score (nSPS) is 10.6. The fourth-order valence-corrected chi connectivity index (χ4v) is 1.00. The highest BCUT2D eigenvalue weighted by Gasteiger charge is 1.88. The number of carbonyl (C=O) groups excluding carboxylic acids is 1. The minimum Gasteiger partial charge on any atom is -0.319 e. The number of hydrogen-bond donors (Lipinski definition) is 0. The Balaban J connectivity index is 3.06. The van der Waals surface area contributed by atoms with Gasteiger partial charge in [-0.05, 0) is 12.8 Å². The molecule has 0 aromatic rings. The maximum Gasteiger partial charge on any atom is 0.331 e. The number of unbranched alkanes of at least 4 members (excludes halogenated alkanes) is 5. The van der Waals surface area contributed by atoms with Crippen molar-refractivity contribution in [2.45, 2.75) is 52.4 Å². The van der Waals surface area contributed by atoms with E-state index >= 15 is 0 Å². The van der Waals surface area contributed by atoms with Gasteiger partial charge in [0, 0.05) is 13.1 Å². The highest BCUT2D eigenvalue weighted by Crippen LogP contribution is 2.03. The van der Waals surface area contributed by atoms with Crippen molar-refractivity contribution in [1.29, 1.82) is 0 Å². The fourth-order valence-electron chi connectivity index (χ4n) is 1.00. The van der Waals surface area contributed by atoms with Gasteiger partial charge in [0.2, 0.25) is 0 Å². The van der Waals surface area contributed by atoms with Crippen molar-refractivity contribution in [3.05, 3.63) is 0 Å². The first-order chi connectivity index (χ1) is 6.27. The average molecular weight is 185 g/mol. The van der Waals surface area contributed by atoms with Crippen molar-refractivity contribution in [3.8, 4) is 0 Å². The highest BCUT2D eigenvalue weighted by molar-refractivity contribution is 5.67. The van der Waals surface area contributed by atoms with E-state index < -0.39 is 0 Å². The lowest BCUT2D eigenvalue weighted by molar-refractivity contribution is -0.140. The molecule has 0 N–H and O–H groups in total. The first-order valence-corrected chi connectivity index (χ1v) is 4.96. The SMILES string of the molecule is CCCCCCCC=NOC(C)=O. The van der Waals surface area contributed by atoms with Gasteiger partial charge in [-0.3, -0.25) is 0 Å². The van der Waals surface area contributed by atoms with Crippen molar-refractivity contribution in [2.75, 3.05) is 0 Å². The molecule has 0 aliphatic heterocycles. The second-order valence-corrected chi connectivity index (χ2v) is 3.07. The molecule has 0 aromatic heterocycles. The summed E-state index contributed by atoms with van der Waals surface area (Å²) in [5.74, 6) is -0.359. The van der Waals surface area contributed by atoms with Crippen molar-refractivity contribution < 1.29 is 9.63 Å². The smallest absolute Gasteiger partial charge is 0.319 e. The lowest BCUT2D eigenvalue weighted by atomic mass is 10.1. The lowest BCUT2D eigenvalue weighted by Crippen LogP contribution is -1.91. The lowest BCUT2D eigenvalue weighted by Gasteiger charge is -1.95. The Labute approximate surface area is 80.1 Å². The van der Waals surface area contributed by atoms with E-state index in [2.05, 4.69) is 16.9 Å². The van der Waals surface area contributed by atoms with Crippen molar-refractivity contribution in [3.63, 3.8) is 0 Å². The topological polar surface area (TPSA) is 38.7 Å². The summed E-state index contributed by atoms with van der Waals surface area (Å²) in [6.45, 7) is 3.54. The zero-order valence-corrected chi connectivity index (χ0v) is 8.58. The maximum atomic E-state index is 10.3. The summed E-state index contributed by atoms with van der Waals surface area (Å²) in [5, 5.41) is 3.51. The molecule has 0 aliphatic carbocycles. The zero-order valence-electron chi connectivity index (χ0n) is 8.58. The van der Waals surface area contributed by atoms with E-state index in [0.29, 0.717) is 0 Å². The first kappa shape index (κ1) is 12.1. The van der Waals surface area contributed by atoms with Crippen molar-refractivity contribution in [2.24, 2.45) is 5.16 Å². The van der Waals surface area contributed by atoms with Crippen LogP contribution in [0.25, 0.3) is 0 Å². The quantitative estimate of drug-likeness (QED) is 0.265. The van der Waals surface area contributed by atoms with Crippen LogP contribution in [0.1, 0.15) is 52.4 Å². The molecule has 0 heterocycles. The van der Waals surface area contributed by atoms with Gasteiger partial charge in [-0.1, -0.05) is 37.8 Å². The Morgan fingerprint density at radius 2 is 2.00 bits per heavy atom. The summed E-state index contributed by atoms with van der Waals surface area (Å²) in [7, 11) is 0. The molecule has 0 unspecified atom stereocenters. The van der Waals surface area contributed by atoms with Gasteiger partial charge in [-0.2, -0.15) is 0 Å². The van der Waals surface area contributed by atoms with Crippen LogP contribution in [0, 0.1) is 0 Å². The molecule has 0 aromatic carbocycles. The van der Waals surface area contributed by atoms with E-state index in [-0.39, 0.29) is 5.97 Å². The summed E-state index contributed by atoms with van der Waals surface area (Å²) in [6, 6.07) is 0. The van der Waals surface area contributed by atoms with Crippen LogP contribution in [-0.2, 0) is 9.63 Å². The molecule has 0 fully saturated rings. The van der Waals surface area contributed by atoms with Crippen LogP contribution in [-0.4, -0.2) is 12.2 Å². The predicted octanol–water partition coefficient (Wildman–Crippen LogP) is 2.90. The minimum atomic E-state index is -0.359. The molecule has 76 valence electrons. The third kappa shape index (κ3) is 11.1. The number of rotatable bonds is 7. The number of nitrogens with zero attached hydrogens (tertiary/aromatic N) is 1. The molecular formula is C10H19NO2. The Bertz CT molecular complexity index is 155. The second-order valence-electron chi connectivity index (χ2n) is 3.07. The van der Waals surface area contributed by atoms with Gasteiger partial charge in [0.25, 0.3) is 0 Å². The summed E-state index contributed by atoms with van der Waals surface area (Å²) >= 11 is 0. The van der Waals surface area contributed by atoms with Crippen molar-refractivity contribution >= 4 is 12.2 Å². The van der Waals surface area contributed by atoms with E-state index in [4.69, 9.17) is 0 Å². The molecule has 0 bridgehead atoms. The molecule has 0 aliphatic rings. The largest absolute Gasteiger partial charge is 0.331 e. The molecule has 3 heteroatoms. The average Bonchev–Trinajstić information content (AvgIpc) is 2.09. The van der Waals surface area contributed by atoms with Gasteiger partial charge in [0.15, 0.2) is 0 Å². The molecule has 0 saturated carbocycles. The summed E-state index contributed by atoms with van der Waals surface area (Å²) in [6.07, 6.45) is 8.79. The van der Waals surface area contributed by atoms with Gasteiger partial charge in [0.05, 0.1) is 0 Å². The summed E-state index contributed by atoms with van der Waals surface area (Å²) < 4.78 is 0. The number of hydrogen-bond acceptors (Lipinski definition) is 3. The van der Waals surface area contributed by atoms with Gasteiger partial charge >= 0.3 is 5.97 Å². The van der Waals surface area contributed by atoms with E-state index in [1.807, 2.05) is 0 Å². The molecule has 0 spiro atoms. The molecule has 0 rings (SSSR count). The van der Waals surface area contributed by atoms with E-state index in [1.54, 1.807) is 6.21 Å². The second kappa shape index (κ2) is 9.23. The minimum absolute atomic E-state index is 0.359. The molecule has 13 heavy (non-hydrogen) atoms. The Morgan fingerprint density at radius 3 is 2.62 bits per heavy atom. The Morgan fingerprint density at radius 1 is 1.31 bits per heavy atom. The third-order valence-corrected chi connectivity index (χ3v) is 1.69. The van der Waals surface area contributed by atoms with Crippen LogP contribution in [0.5, 0.6) is 0 Å². The maximum absolute atomic E-state index is 10.3. The molecular weight excluding hydrogens is 166 g/mol. The van der Waals surface area contributed by atoms with Crippen LogP contribution < -0.4 is 0 Å². The molecule has 3 nitrogen and oxygen atoms in total. The third-order valence-electron chi connectivity index (χ3n) is 1.69. The Kier molecular flexibility index (Phi) is 8.62. The van der Waals surface area contributed by atoms with Crippen LogP contribution in [0.2, 0.25) is 0 Å². The van der Waals surface area contributed by atoms with Gasteiger partial charge in [-0.25, -0.2) is 4.79 Å². The first-order valence-electron chi connectivity index (χ1n) is 4.96. The van der Waals surface area contributed by atoms with Gasteiger partial charge < -0.3 is 4.84 Å². The van der Waals surface area contributed by atoms with E-state index in [9.17, 15) is 4.79 Å². The predicted molar refractivity (Wildman–Crippen MR) is 53.6 cm³/mol. The molecule has 0 atom stereocenters.